The second kappa shape index (κ2) is 8.78. The highest BCUT2D eigenvalue weighted by Crippen LogP contribution is 2.56. The molecule has 2 heteroatoms. The van der Waals surface area contributed by atoms with Gasteiger partial charge in [-0.3, -0.25) is 0 Å². The Hall–Kier alpha value is -2.34. The Balaban J connectivity index is 1.93. The lowest BCUT2D eigenvalue weighted by atomic mass is 10.4. The van der Waals surface area contributed by atoms with E-state index in [9.17, 15) is 0 Å². The van der Waals surface area contributed by atoms with Crippen molar-refractivity contribution in [3.63, 3.8) is 0 Å². The molecule has 0 saturated carbocycles. The largest absolute Gasteiger partial charge is 0.227 e. The van der Waals surface area contributed by atoms with Crippen molar-refractivity contribution in [2.75, 3.05) is 11.7 Å². The van der Waals surface area contributed by atoms with E-state index >= 15 is 0 Å². The first-order chi connectivity index (χ1) is 13.8. The zero-order chi connectivity index (χ0) is 19.2. The maximum Gasteiger partial charge on any atom is 0.227 e. The molecule has 4 aromatic rings. The van der Waals surface area contributed by atoms with E-state index in [0.717, 1.165) is 5.49 Å². The fraction of sp³-hybridized carbons (Fsp3) is 0.0769. The van der Waals surface area contributed by atoms with Crippen LogP contribution in [0.1, 0.15) is 0 Å². The molecule has 0 spiro atoms. The van der Waals surface area contributed by atoms with E-state index in [2.05, 4.69) is 128 Å². The molecule has 1 unspecified atom stereocenters. The Morgan fingerprint density at radius 2 is 0.821 bits per heavy atom. The summed E-state index contributed by atoms with van der Waals surface area (Å²) < 4.78 is 0. The molecular formula is C26H25PS+2. The molecule has 0 radical (unpaired) electrons. The smallest absolute Gasteiger partial charge is 0.0620 e. The average molecular weight is 401 g/mol. The van der Waals surface area contributed by atoms with Crippen LogP contribution in [-0.4, -0.2) is 11.7 Å². The maximum atomic E-state index is 2.40. The second-order valence-corrected chi connectivity index (χ2v) is 12.8. The van der Waals surface area contributed by atoms with Crippen LogP contribution in [0.4, 0.5) is 0 Å². The standard InChI is InChI=1S/C26H25PS/c1-28(26-20-12-5-13-21-26)22-27(23-14-6-2-7-15-23,24-16-8-3-9-17-24)25-18-10-4-11-19-25/h2-21H,22H2,1H3/q+2. The lowest BCUT2D eigenvalue weighted by molar-refractivity contribution is 1.45. The van der Waals surface area contributed by atoms with Crippen LogP contribution in [0.15, 0.2) is 126 Å². The summed E-state index contributed by atoms with van der Waals surface area (Å²) in [5, 5.41) is 4.38. The molecule has 0 aliphatic rings. The first-order valence-corrected chi connectivity index (χ1v) is 13.3. The number of rotatable bonds is 6. The summed E-state index contributed by atoms with van der Waals surface area (Å²) in [4.78, 5) is 1.44. The van der Waals surface area contributed by atoms with Crippen LogP contribution in [0, 0.1) is 0 Å². The monoisotopic (exact) mass is 400 g/mol. The number of hydrogen-bond donors (Lipinski definition) is 0. The van der Waals surface area contributed by atoms with Gasteiger partial charge in [-0.2, -0.15) is 0 Å². The maximum absolute atomic E-state index is 2.40. The van der Waals surface area contributed by atoms with Gasteiger partial charge in [0.2, 0.25) is 5.49 Å². The summed E-state index contributed by atoms with van der Waals surface area (Å²) in [6.45, 7) is 0. The molecule has 28 heavy (non-hydrogen) atoms. The Kier molecular flexibility index (Phi) is 5.95. The lowest BCUT2D eigenvalue weighted by Crippen LogP contribution is -2.35. The summed E-state index contributed by atoms with van der Waals surface area (Å²) in [5.41, 5.74) is 1.15. The minimum atomic E-state index is -1.76. The SMILES string of the molecule is C[S+](C[P+](c1ccccc1)(c1ccccc1)c1ccccc1)c1ccccc1. The van der Waals surface area contributed by atoms with Crippen LogP contribution in [0.5, 0.6) is 0 Å². The highest BCUT2D eigenvalue weighted by atomic mass is 32.2. The van der Waals surface area contributed by atoms with Crippen molar-refractivity contribution in [2.45, 2.75) is 4.90 Å². The molecule has 0 aliphatic carbocycles. The van der Waals surface area contributed by atoms with Crippen LogP contribution >= 0.6 is 7.26 Å². The third kappa shape index (κ3) is 3.78. The van der Waals surface area contributed by atoms with Crippen LogP contribution in [0.2, 0.25) is 0 Å². The van der Waals surface area contributed by atoms with Crippen LogP contribution < -0.4 is 15.9 Å². The van der Waals surface area contributed by atoms with Gasteiger partial charge in [-0.05, 0) is 48.5 Å². The second-order valence-electron chi connectivity index (χ2n) is 6.90. The Morgan fingerprint density at radius 1 is 0.500 bits per heavy atom. The lowest BCUT2D eigenvalue weighted by Gasteiger charge is -2.26. The molecule has 4 rings (SSSR count). The van der Waals surface area contributed by atoms with Crippen molar-refractivity contribution in [1.29, 1.82) is 0 Å². The van der Waals surface area contributed by atoms with Crippen molar-refractivity contribution >= 4 is 34.1 Å². The molecule has 0 heterocycles. The molecule has 0 bridgehead atoms. The quantitative estimate of drug-likeness (QED) is 0.306. The average Bonchev–Trinajstić information content (AvgIpc) is 2.80. The Morgan fingerprint density at radius 3 is 1.18 bits per heavy atom. The van der Waals surface area contributed by atoms with Gasteiger partial charge in [0.15, 0.2) is 12.2 Å². The molecule has 0 amide bonds. The van der Waals surface area contributed by atoms with Crippen molar-refractivity contribution < 1.29 is 0 Å². The van der Waals surface area contributed by atoms with E-state index in [4.69, 9.17) is 0 Å². The van der Waals surface area contributed by atoms with Gasteiger partial charge in [0, 0.05) is 0 Å². The number of hydrogen-bond acceptors (Lipinski definition) is 0. The van der Waals surface area contributed by atoms with Gasteiger partial charge in [-0.1, -0.05) is 72.8 Å². The van der Waals surface area contributed by atoms with Gasteiger partial charge in [0.25, 0.3) is 0 Å². The van der Waals surface area contributed by atoms with E-state index in [0.29, 0.717) is 0 Å². The predicted molar refractivity (Wildman–Crippen MR) is 128 cm³/mol. The molecule has 0 aliphatic heterocycles. The van der Waals surface area contributed by atoms with Gasteiger partial charge in [-0.15, -0.1) is 0 Å². The van der Waals surface area contributed by atoms with Crippen molar-refractivity contribution in [2.24, 2.45) is 0 Å². The zero-order valence-electron chi connectivity index (χ0n) is 16.1. The van der Waals surface area contributed by atoms with Crippen LogP contribution in [0.3, 0.4) is 0 Å². The summed E-state index contributed by atoms with van der Waals surface area (Å²) in [6.07, 6.45) is 2.40. The van der Waals surface area contributed by atoms with E-state index in [1.807, 2.05) is 0 Å². The van der Waals surface area contributed by atoms with Crippen molar-refractivity contribution in [1.82, 2.24) is 0 Å². The normalized spacial score (nSPS) is 12.5. The van der Waals surface area contributed by atoms with Crippen LogP contribution in [-0.2, 0) is 10.9 Å². The fourth-order valence-electron chi connectivity index (χ4n) is 3.74. The molecule has 0 fully saturated rings. The Labute approximate surface area is 172 Å². The van der Waals surface area contributed by atoms with Crippen molar-refractivity contribution in [3.8, 4) is 0 Å². The molecule has 4 aromatic carbocycles. The highest BCUT2D eigenvalue weighted by molar-refractivity contribution is 8.11. The fourth-order valence-corrected chi connectivity index (χ4v) is 12.0. The van der Waals surface area contributed by atoms with Gasteiger partial charge >= 0.3 is 0 Å². The molecule has 0 saturated heterocycles. The first-order valence-electron chi connectivity index (χ1n) is 9.53. The van der Waals surface area contributed by atoms with Crippen molar-refractivity contribution in [3.05, 3.63) is 121 Å². The molecular weight excluding hydrogens is 375 g/mol. The molecule has 0 nitrogen and oxygen atoms in total. The molecule has 138 valence electrons. The minimum Gasteiger partial charge on any atom is -0.0620 e. The molecule has 1 atom stereocenters. The summed E-state index contributed by atoms with van der Waals surface area (Å²) in [5.74, 6) is 0. The minimum absolute atomic E-state index is 0.145. The van der Waals surface area contributed by atoms with E-state index in [-0.39, 0.29) is 10.9 Å². The van der Waals surface area contributed by atoms with Gasteiger partial charge in [0.05, 0.1) is 10.9 Å². The van der Waals surface area contributed by atoms with Gasteiger partial charge in [-0.25, -0.2) is 0 Å². The van der Waals surface area contributed by atoms with E-state index in [1.165, 1.54) is 20.8 Å². The first kappa shape index (κ1) is 19.0. The Bertz CT molecular complexity index is 889. The third-order valence-corrected chi connectivity index (χ3v) is 12.8. The zero-order valence-corrected chi connectivity index (χ0v) is 17.8. The van der Waals surface area contributed by atoms with Gasteiger partial charge < -0.3 is 0 Å². The molecule has 0 N–H and O–H groups in total. The highest BCUT2D eigenvalue weighted by Gasteiger charge is 2.50. The van der Waals surface area contributed by atoms with E-state index in [1.54, 1.807) is 0 Å². The van der Waals surface area contributed by atoms with Crippen LogP contribution in [0.25, 0.3) is 0 Å². The topological polar surface area (TPSA) is 0 Å². The predicted octanol–water partition coefficient (Wildman–Crippen LogP) is 5.25. The van der Waals surface area contributed by atoms with Gasteiger partial charge in [0.1, 0.15) is 22.2 Å². The molecule has 0 aromatic heterocycles. The van der Waals surface area contributed by atoms with E-state index < -0.39 is 7.26 Å². The number of benzene rings is 4. The summed E-state index contributed by atoms with van der Waals surface area (Å²) in [6, 6.07) is 44.4. The third-order valence-electron chi connectivity index (χ3n) is 5.12. The summed E-state index contributed by atoms with van der Waals surface area (Å²) >= 11 is 0. The summed E-state index contributed by atoms with van der Waals surface area (Å²) in [7, 11) is -1.62.